The van der Waals surface area contributed by atoms with Gasteiger partial charge in [0.1, 0.15) is 0 Å². The van der Waals surface area contributed by atoms with Gasteiger partial charge in [0.15, 0.2) is 0 Å². The molecule has 3 N–H and O–H groups in total. The number of nitrogens with one attached hydrogen (secondary N) is 1. The van der Waals surface area contributed by atoms with Crippen molar-refractivity contribution < 1.29 is 4.74 Å². The lowest BCUT2D eigenvalue weighted by molar-refractivity contribution is 0.0179. The Labute approximate surface area is 73.7 Å². The number of nitrogens with two attached hydrogens (primary N) is 1. The summed E-state index contributed by atoms with van der Waals surface area (Å²) in [6.07, 6.45) is 4.03. The zero-order valence-electron chi connectivity index (χ0n) is 7.46. The van der Waals surface area contributed by atoms with Crippen LogP contribution in [0.2, 0.25) is 0 Å². The van der Waals surface area contributed by atoms with Crippen molar-refractivity contribution in [1.82, 2.24) is 5.32 Å². The minimum absolute atomic E-state index is 0.255. The van der Waals surface area contributed by atoms with Crippen LogP contribution in [0.5, 0.6) is 0 Å². The Hall–Kier alpha value is -0.120. The molecule has 12 heavy (non-hydrogen) atoms. The first-order valence-electron chi connectivity index (χ1n) is 4.94. The minimum Gasteiger partial charge on any atom is -0.375 e. The number of hydrogen-bond acceptors (Lipinski definition) is 3. The van der Waals surface area contributed by atoms with Gasteiger partial charge in [-0.2, -0.15) is 0 Å². The summed E-state index contributed by atoms with van der Waals surface area (Å²) < 4.78 is 5.73. The zero-order chi connectivity index (χ0) is 8.39. The summed E-state index contributed by atoms with van der Waals surface area (Å²) in [6.45, 7) is 2.92. The first-order valence-corrected chi connectivity index (χ1v) is 4.94. The maximum Gasteiger partial charge on any atom is 0.0850 e. The third kappa shape index (κ3) is 2.19. The highest BCUT2D eigenvalue weighted by Gasteiger charge is 2.26. The summed E-state index contributed by atoms with van der Waals surface area (Å²) >= 11 is 0. The average molecular weight is 170 g/mol. The van der Waals surface area contributed by atoms with E-state index < -0.39 is 0 Å². The van der Waals surface area contributed by atoms with Crippen LogP contribution < -0.4 is 11.1 Å². The Morgan fingerprint density at radius 2 is 2.17 bits per heavy atom. The van der Waals surface area contributed by atoms with E-state index in [1.54, 1.807) is 0 Å². The van der Waals surface area contributed by atoms with Crippen molar-refractivity contribution in [2.75, 3.05) is 19.7 Å². The molecule has 0 bridgehead atoms. The van der Waals surface area contributed by atoms with E-state index >= 15 is 0 Å². The predicted octanol–water partition coefficient (Wildman–Crippen LogP) is 0.102. The third-order valence-corrected chi connectivity index (χ3v) is 2.72. The van der Waals surface area contributed by atoms with Gasteiger partial charge in [0.05, 0.1) is 6.10 Å². The van der Waals surface area contributed by atoms with E-state index in [9.17, 15) is 0 Å². The average Bonchev–Trinajstić information content (AvgIpc) is 2.86. The van der Waals surface area contributed by atoms with Crippen molar-refractivity contribution >= 4 is 0 Å². The molecule has 2 fully saturated rings. The second-order valence-corrected chi connectivity index (χ2v) is 3.97. The quantitative estimate of drug-likeness (QED) is 0.631. The van der Waals surface area contributed by atoms with E-state index in [2.05, 4.69) is 5.32 Å². The molecule has 0 aromatic heterocycles. The predicted molar refractivity (Wildman–Crippen MR) is 47.9 cm³/mol. The van der Waals surface area contributed by atoms with Gasteiger partial charge >= 0.3 is 0 Å². The van der Waals surface area contributed by atoms with E-state index in [4.69, 9.17) is 10.5 Å². The van der Waals surface area contributed by atoms with Crippen molar-refractivity contribution in [3.8, 4) is 0 Å². The molecule has 0 radical (unpaired) electrons. The summed E-state index contributed by atoms with van der Waals surface area (Å²) in [5, 5.41) is 3.30. The monoisotopic (exact) mass is 170 g/mol. The largest absolute Gasteiger partial charge is 0.375 e. The summed E-state index contributed by atoms with van der Waals surface area (Å²) in [6, 6.07) is 0.255. The molecule has 2 rings (SSSR count). The number of rotatable bonds is 3. The van der Waals surface area contributed by atoms with E-state index in [0.717, 1.165) is 32.0 Å². The zero-order valence-corrected chi connectivity index (χ0v) is 7.46. The summed E-state index contributed by atoms with van der Waals surface area (Å²) in [7, 11) is 0. The summed E-state index contributed by atoms with van der Waals surface area (Å²) in [5.74, 6) is 0.846. The van der Waals surface area contributed by atoms with Gasteiger partial charge in [0, 0.05) is 19.2 Å². The Morgan fingerprint density at radius 1 is 1.33 bits per heavy atom. The fraction of sp³-hybridized carbons (Fsp3) is 1.00. The number of hydrogen-bond donors (Lipinski definition) is 2. The molecule has 0 aromatic carbocycles. The molecule has 2 unspecified atom stereocenters. The molecule has 0 aromatic rings. The molecule has 1 aliphatic heterocycles. The molecule has 1 saturated carbocycles. The van der Waals surface area contributed by atoms with Crippen molar-refractivity contribution in [3.63, 3.8) is 0 Å². The molecule has 1 aliphatic carbocycles. The molecule has 3 nitrogen and oxygen atoms in total. The van der Waals surface area contributed by atoms with E-state index in [0.29, 0.717) is 0 Å². The molecule has 70 valence electrons. The molecule has 0 amide bonds. The van der Waals surface area contributed by atoms with Crippen molar-refractivity contribution in [3.05, 3.63) is 0 Å². The van der Waals surface area contributed by atoms with Crippen LogP contribution in [0.15, 0.2) is 0 Å². The summed E-state index contributed by atoms with van der Waals surface area (Å²) in [4.78, 5) is 0. The molecular formula is C9H18N2O. The summed E-state index contributed by atoms with van der Waals surface area (Å²) in [5.41, 5.74) is 5.92. The van der Waals surface area contributed by atoms with Gasteiger partial charge in [0.25, 0.3) is 0 Å². The van der Waals surface area contributed by atoms with Crippen LogP contribution in [0.3, 0.4) is 0 Å². The first kappa shape index (κ1) is 8.48. The second kappa shape index (κ2) is 3.73. The van der Waals surface area contributed by atoms with Gasteiger partial charge < -0.3 is 15.8 Å². The number of piperidine rings is 1. The lowest BCUT2D eigenvalue weighted by Gasteiger charge is -2.29. The fourth-order valence-corrected chi connectivity index (χ4v) is 1.58. The van der Waals surface area contributed by atoms with Gasteiger partial charge in [-0.05, 0) is 31.7 Å². The van der Waals surface area contributed by atoms with Crippen LogP contribution in [-0.2, 0) is 4.74 Å². The van der Waals surface area contributed by atoms with Crippen LogP contribution in [0, 0.1) is 5.92 Å². The van der Waals surface area contributed by atoms with E-state index in [-0.39, 0.29) is 12.1 Å². The molecule has 2 atom stereocenters. The van der Waals surface area contributed by atoms with E-state index in [1.807, 2.05) is 0 Å². The Balaban J connectivity index is 1.68. The maximum absolute atomic E-state index is 5.92. The lowest BCUT2D eigenvalue weighted by Crippen LogP contribution is -2.50. The number of ether oxygens (including phenoxy) is 1. The molecule has 2 aliphatic rings. The molecule has 0 spiro atoms. The van der Waals surface area contributed by atoms with Gasteiger partial charge in [-0.1, -0.05) is 0 Å². The molecule has 3 heteroatoms. The first-order chi connectivity index (χ1) is 5.86. The minimum atomic E-state index is 0.255. The van der Waals surface area contributed by atoms with Gasteiger partial charge in [-0.3, -0.25) is 0 Å². The molecule has 1 heterocycles. The Bertz CT molecular complexity index is 147. The van der Waals surface area contributed by atoms with Crippen LogP contribution >= 0.6 is 0 Å². The topological polar surface area (TPSA) is 47.3 Å². The highest BCUT2D eigenvalue weighted by atomic mass is 16.5. The third-order valence-electron chi connectivity index (χ3n) is 2.72. The fourth-order valence-electron chi connectivity index (χ4n) is 1.58. The maximum atomic E-state index is 5.92. The van der Waals surface area contributed by atoms with E-state index in [1.165, 1.54) is 12.8 Å². The van der Waals surface area contributed by atoms with Crippen LogP contribution in [0.4, 0.5) is 0 Å². The highest BCUT2D eigenvalue weighted by molar-refractivity contribution is 4.82. The van der Waals surface area contributed by atoms with Crippen LogP contribution in [0.25, 0.3) is 0 Å². The standard InChI is InChI=1S/C9H18N2O/c10-8-3-4-11-5-9(8)12-6-7-1-2-7/h7-9,11H,1-6,10H2. The second-order valence-electron chi connectivity index (χ2n) is 3.97. The molecular weight excluding hydrogens is 152 g/mol. The van der Waals surface area contributed by atoms with Gasteiger partial charge in [-0.15, -0.1) is 0 Å². The Morgan fingerprint density at radius 3 is 2.83 bits per heavy atom. The van der Waals surface area contributed by atoms with Crippen LogP contribution in [0.1, 0.15) is 19.3 Å². The normalized spacial score (nSPS) is 36.8. The van der Waals surface area contributed by atoms with Crippen molar-refractivity contribution in [2.24, 2.45) is 11.7 Å². The lowest BCUT2D eigenvalue weighted by atomic mass is 10.1. The highest BCUT2D eigenvalue weighted by Crippen LogP contribution is 2.29. The smallest absolute Gasteiger partial charge is 0.0850 e. The van der Waals surface area contributed by atoms with Gasteiger partial charge in [0.2, 0.25) is 0 Å². The van der Waals surface area contributed by atoms with Crippen molar-refractivity contribution in [1.29, 1.82) is 0 Å². The SMILES string of the molecule is NC1CCNCC1OCC1CC1. The van der Waals surface area contributed by atoms with Crippen molar-refractivity contribution in [2.45, 2.75) is 31.4 Å². The van der Waals surface area contributed by atoms with Crippen LogP contribution in [-0.4, -0.2) is 31.8 Å². The van der Waals surface area contributed by atoms with Gasteiger partial charge in [-0.25, -0.2) is 0 Å². The molecule has 1 saturated heterocycles. The Kier molecular flexibility index (Phi) is 2.63.